The summed E-state index contributed by atoms with van der Waals surface area (Å²) in [6.07, 6.45) is 6.46. The third-order valence-corrected chi connectivity index (χ3v) is 5.94. The highest BCUT2D eigenvalue weighted by Gasteiger charge is 2.16. The van der Waals surface area contributed by atoms with Crippen LogP contribution in [0.15, 0.2) is 60.7 Å². The molecule has 160 valence electrons. The predicted molar refractivity (Wildman–Crippen MR) is 126 cm³/mol. The van der Waals surface area contributed by atoms with Gasteiger partial charge >= 0.3 is 5.97 Å². The zero-order chi connectivity index (χ0) is 21.6. The third kappa shape index (κ3) is 5.36. The van der Waals surface area contributed by atoms with Crippen LogP contribution in [0, 0.1) is 0 Å². The van der Waals surface area contributed by atoms with Gasteiger partial charge in [-0.05, 0) is 66.8 Å². The molecule has 2 N–H and O–H groups in total. The van der Waals surface area contributed by atoms with Crippen molar-refractivity contribution in [1.82, 2.24) is 4.98 Å². The minimum Gasteiger partial charge on any atom is -0.464 e. The van der Waals surface area contributed by atoms with Crippen molar-refractivity contribution in [2.24, 2.45) is 0 Å². The fraction of sp³-hybridized carbons (Fsp3) is 0.280. The molecule has 4 rings (SSSR count). The lowest BCUT2D eigenvalue weighted by Crippen LogP contribution is -2.05. The molecule has 0 unspecified atom stereocenters. The minimum absolute atomic E-state index is 0.256. The summed E-state index contributed by atoms with van der Waals surface area (Å²) in [6, 6.07) is 19.4. The molecule has 1 aliphatic rings. The first-order chi connectivity index (χ1) is 15.1. The lowest BCUT2D eigenvalue weighted by molar-refractivity contribution is 0.0594. The van der Waals surface area contributed by atoms with Crippen LogP contribution in [0.1, 0.15) is 54.1 Å². The van der Waals surface area contributed by atoms with Crippen LogP contribution in [0.5, 0.6) is 0 Å². The van der Waals surface area contributed by atoms with E-state index in [-0.39, 0.29) is 5.69 Å². The lowest BCUT2D eigenvalue weighted by atomic mass is 9.84. The molecule has 0 atom stereocenters. The van der Waals surface area contributed by atoms with E-state index in [2.05, 4.69) is 33.8 Å². The van der Waals surface area contributed by atoms with Crippen LogP contribution in [0.25, 0.3) is 0 Å². The number of nitrogens with zero attached hydrogens (tertiary/aromatic N) is 1. The molecule has 2 aromatic carbocycles. The molecule has 0 saturated heterocycles. The van der Waals surface area contributed by atoms with E-state index in [9.17, 15) is 4.79 Å². The Kier molecular flexibility index (Phi) is 6.73. The first-order valence-corrected chi connectivity index (χ1v) is 11.0. The Morgan fingerprint density at radius 3 is 2.45 bits per heavy atom. The number of hydrogen-bond acceptors (Lipinski definition) is 5. The van der Waals surface area contributed by atoms with E-state index in [1.807, 2.05) is 24.3 Å². The van der Waals surface area contributed by atoms with Gasteiger partial charge in [-0.25, -0.2) is 9.78 Å². The third-order valence-electron chi connectivity index (χ3n) is 5.63. The van der Waals surface area contributed by atoms with Crippen LogP contribution in [0.3, 0.4) is 0 Å². The molecule has 1 aliphatic carbocycles. The van der Waals surface area contributed by atoms with Gasteiger partial charge in [0.15, 0.2) is 5.69 Å². The molecule has 3 aromatic rings. The summed E-state index contributed by atoms with van der Waals surface area (Å²) in [7, 11) is 1.34. The minimum atomic E-state index is -0.467. The number of halogens is 1. The number of rotatable bonds is 6. The normalized spacial score (nSPS) is 14.1. The molecule has 0 bridgehead atoms. The number of esters is 1. The number of pyridine rings is 1. The topological polar surface area (TPSA) is 63.2 Å². The van der Waals surface area contributed by atoms with Gasteiger partial charge in [-0.2, -0.15) is 0 Å². The van der Waals surface area contributed by atoms with Crippen LogP contribution in [0.4, 0.5) is 22.9 Å². The second-order valence-corrected chi connectivity index (χ2v) is 8.21. The average molecular weight is 436 g/mol. The molecule has 1 aromatic heterocycles. The quantitative estimate of drug-likeness (QED) is 0.406. The van der Waals surface area contributed by atoms with Crippen molar-refractivity contribution in [3.63, 3.8) is 0 Å². The number of anilines is 4. The van der Waals surface area contributed by atoms with Gasteiger partial charge in [0, 0.05) is 11.4 Å². The van der Waals surface area contributed by atoms with E-state index in [4.69, 9.17) is 16.3 Å². The molecule has 0 radical (unpaired) electrons. The Bertz CT molecular complexity index is 1060. The summed E-state index contributed by atoms with van der Waals surface area (Å²) < 4.78 is 4.73. The molecular formula is C25H26ClN3O2. The zero-order valence-electron chi connectivity index (χ0n) is 17.5. The van der Waals surface area contributed by atoms with Crippen molar-refractivity contribution in [3.05, 3.63) is 76.9 Å². The molecule has 6 heteroatoms. The average Bonchev–Trinajstić information content (AvgIpc) is 2.81. The maximum atomic E-state index is 11.7. The molecule has 1 heterocycles. The Morgan fingerprint density at radius 2 is 1.71 bits per heavy atom. The second-order valence-electron chi connectivity index (χ2n) is 7.80. The van der Waals surface area contributed by atoms with Crippen LogP contribution in [-0.4, -0.2) is 18.1 Å². The highest BCUT2D eigenvalue weighted by molar-refractivity contribution is 6.33. The van der Waals surface area contributed by atoms with E-state index in [0.717, 1.165) is 22.1 Å². The number of methoxy groups -OCH3 is 1. The summed E-state index contributed by atoms with van der Waals surface area (Å²) >= 11 is 6.60. The zero-order valence-corrected chi connectivity index (χ0v) is 18.3. The van der Waals surface area contributed by atoms with Crippen molar-refractivity contribution < 1.29 is 9.53 Å². The number of hydrogen-bond donors (Lipinski definition) is 2. The predicted octanol–water partition coefficient (Wildman–Crippen LogP) is 7.06. The maximum Gasteiger partial charge on any atom is 0.356 e. The van der Waals surface area contributed by atoms with Crippen molar-refractivity contribution >= 4 is 40.5 Å². The van der Waals surface area contributed by atoms with Crippen molar-refractivity contribution in [2.75, 3.05) is 17.7 Å². The van der Waals surface area contributed by atoms with Gasteiger partial charge in [-0.1, -0.05) is 49.1 Å². The fourth-order valence-corrected chi connectivity index (χ4v) is 4.26. The molecule has 31 heavy (non-hydrogen) atoms. The van der Waals surface area contributed by atoms with Gasteiger partial charge in [0.05, 0.1) is 17.8 Å². The Morgan fingerprint density at radius 1 is 0.968 bits per heavy atom. The monoisotopic (exact) mass is 435 g/mol. The molecular weight excluding hydrogens is 410 g/mol. The summed E-state index contributed by atoms with van der Waals surface area (Å²) in [5.74, 6) is 0.724. The number of carbonyl (C=O) groups is 1. The molecule has 1 saturated carbocycles. The Balaban J connectivity index is 1.47. The fourth-order valence-electron chi connectivity index (χ4n) is 4.02. The van der Waals surface area contributed by atoms with Crippen LogP contribution >= 0.6 is 11.6 Å². The van der Waals surface area contributed by atoms with Crippen LogP contribution < -0.4 is 10.6 Å². The summed E-state index contributed by atoms with van der Waals surface area (Å²) in [6.45, 7) is 0. The Labute approximate surface area is 187 Å². The van der Waals surface area contributed by atoms with Crippen molar-refractivity contribution in [1.29, 1.82) is 0 Å². The number of carbonyl (C=O) groups excluding carboxylic acids is 1. The summed E-state index contributed by atoms with van der Waals surface area (Å²) in [5.41, 5.74) is 4.22. The van der Waals surface area contributed by atoms with Crippen molar-refractivity contribution in [2.45, 2.75) is 38.0 Å². The van der Waals surface area contributed by atoms with Crippen LogP contribution in [-0.2, 0) is 4.74 Å². The molecule has 0 aliphatic heterocycles. The van der Waals surface area contributed by atoms with Gasteiger partial charge in [0.25, 0.3) is 0 Å². The van der Waals surface area contributed by atoms with Gasteiger partial charge in [-0.3, -0.25) is 0 Å². The lowest BCUT2D eigenvalue weighted by Gasteiger charge is -2.22. The highest BCUT2D eigenvalue weighted by atomic mass is 35.5. The molecule has 0 spiro atoms. The van der Waals surface area contributed by atoms with E-state index < -0.39 is 5.97 Å². The number of ether oxygens (including phenoxy) is 1. The largest absolute Gasteiger partial charge is 0.464 e. The summed E-state index contributed by atoms with van der Waals surface area (Å²) in [5, 5.41) is 7.36. The first kappa shape index (κ1) is 21.2. The highest BCUT2D eigenvalue weighted by Crippen LogP contribution is 2.36. The SMILES string of the molecule is COC(=O)c1cccc(Nc2cccc(Nc3ccc(C4CCCCC4)cc3Cl)c2)n1. The van der Waals surface area contributed by atoms with Gasteiger partial charge in [-0.15, -0.1) is 0 Å². The molecule has 5 nitrogen and oxygen atoms in total. The van der Waals surface area contributed by atoms with E-state index in [1.165, 1.54) is 44.8 Å². The van der Waals surface area contributed by atoms with E-state index in [0.29, 0.717) is 11.7 Å². The number of aromatic nitrogens is 1. The number of benzene rings is 2. The standard InChI is InChI=1S/C25H26ClN3O2/c1-31-25(30)23-11-6-12-24(29-23)28-20-10-5-9-19(16-20)27-22-14-13-18(15-21(22)26)17-7-3-2-4-8-17/h5-6,9-17,27H,2-4,7-8H2,1H3,(H,28,29). The number of nitrogens with one attached hydrogen (secondary N) is 2. The van der Waals surface area contributed by atoms with E-state index >= 15 is 0 Å². The first-order valence-electron chi connectivity index (χ1n) is 10.6. The van der Waals surface area contributed by atoms with Gasteiger partial charge in [0.1, 0.15) is 5.82 Å². The van der Waals surface area contributed by atoms with Crippen LogP contribution in [0.2, 0.25) is 5.02 Å². The van der Waals surface area contributed by atoms with Gasteiger partial charge < -0.3 is 15.4 Å². The van der Waals surface area contributed by atoms with Crippen molar-refractivity contribution in [3.8, 4) is 0 Å². The van der Waals surface area contributed by atoms with Gasteiger partial charge in [0.2, 0.25) is 0 Å². The Hall–Kier alpha value is -3.05. The van der Waals surface area contributed by atoms with E-state index in [1.54, 1.807) is 18.2 Å². The smallest absolute Gasteiger partial charge is 0.356 e. The summed E-state index contributed by atoms with van der Waals surface area (Å²) in [4.78, 5) is 16.0. The molecule has 1 fully saturated rings. The maximum absolute atomic E-state index is 11.7. The molecule has 0 amide bonds. The second kappa shape index (κ2) is 9.84.